The molecule has 0 radical (unpaired) electrons. The highest BCUT2D eigenvalue weighted by molar-refractivity contribution is 5.25. The van der Waals surface area contributed by atoms with E-state index in [4.69, 9.17) is 5.11 Å². The van der Waals surface area contributed by atoms with Crippen LogP contribution in [0.3, 0.4) is 0 Å². The molecule has 0 unspecified atom stereocenters. The molecule has 1 aliphatic rings. The van der Waals surface area contributed by atoms with Gasteiger partial charge in [0.1, 0.15) is 0 Å². The second-order valence-electron chi connectivity index (χ2n) is 6.26. The first-order chi connectivity index (χ1) is 10.1. The fourth-order valence-corrected chi connectivity index (χ4v) is 3.03. The second kappa shape index (κ2) is 7.90. The zero-order valence-electron chi connectivity index (χ0n) is 13.6. The van der Waals surface area contributed by atoms with E-state index >= 15 is 0 Å². The Balaban J connectivity index is 1.95. The van der Waals surface area contributed by atoms with Crippen LogP contribution in [0.4, 0.5) is 0 Å². The van der Waals surface area contributed by atoms with Crippen molar-refractivity contribution in [1.82, 2.24) is 14.7 Å². The molecule has 4 heteroatoms. The predicted octanol–water partition coefficient (Wildman–Crippen LogP) is 1.21. The molecule has 0 saturated carbocycles. The fraction of sp³-hybridized carbons (Fsp3) is 0.647. The summed E-state index contributed by atoms with van der Waals surface area (Å²) in [7, 11) is 4.32. The van der Waals surface area contributed by atoms with Crippen molar-refractivity contribution < 1.29 is 5.11 Å². The first kappa shape index (κ1) is 16.4. The fourth-order valence-electron chi connectivity index (χ4n) is 3.03. The van der Waals surface area contributed by atoms with E-state index in [1.54, 1.807) is 0 Å². The molecule has 1 saturated heterocycles. The van der Waals surface area contributed by atoms with E-state index in [-0.39, 0.29) is 6.61 Å². The van der Waals surface area contributed by atoms with Gasteiger partial charge in [-0.1, -0.05) is 29.8 Å². The van der Waals surface area contributed by atoms with Crippen molar-refractivity contribution in [1.29, 1.82) is 0 Å². The minimum absolute atomic E-state index is 0.267. The van der Waals surface area contributed by atoms with Crippen LogP contribution < -0.4 is 0 Å². The molecule has 1 aromatic rings. The third kappa shape index (κ3) is 4.78. The van der Waals surface area contributed by atoms with E-state index in [2.05, 4.69) is 60.0 Å². The summed E-state index contributed by atoms with van der Waals surface area (Å²) in [5.41, 5.74) is 2.73. The van der Waals surface area contributed by atoms with Gasteiger partial charge in [0, 0.05) is 45.3 Å². The summed E-state index contributed by atoms with van der Waals surface area (Å²) in [6.07, 6.45) is 0. The highest BCUT2D eigenvalue weighted by atomic mass is 16.3. The van der Waals surface area contributed by atoms with Gasteiger partial charge in [-0.3, -0.25) is 9.80 Å². The number of benzene rings is 1. The minimum Gasteiger partial charge on any atom is -0.395 e. The van der Waals surface area contributed by atoms with Crippen LogP contribution in [-0.4, -0.2) is 79.8 Å². The zero-order chi connectivity index (χ0) is 15.2. The Morgan fingerprint density at radius 3 is 2.38 bits per heavy atom. The highest BCUT2D eigenvalue weighted by Gasteiger charge is 2.22. The Morgan fingerprint density at radius 2 is 1.81 bits per heavy atom. The molecule has 21 heavy (non-hydrogen) atoms. The minimum atomic E-state index is 0.267. The molecule has 0 bridgehead atoms. The predicted molar refractivity (Wildman–Crippen MR) is 87.6 cm³/mol. The third-order valence-corrected chi connectivity index (χ3v) is 4.36. The molecule has 0 aromatic heterocycles. The summed E-state index contributed by atoms with van der Waals surface area (Å²) in [4.78, 5) is 7.20. The van der Waals surface area contributed by atoms with E-state index in [9.17, 15) is 0 Å². The van der Waals surface area contributed by atoms with E-state index in [1.165, 1.54) is 11.1 Å². The molecule has 1 fully saturated rings. The number of aryl methyl sites for hydroxylation is 1. The van der Waals surface area contributed by atoms with Gasteiger partial charge in [-0.2, -0.15) is 0 Å². The summed E-state index contributed by atoms with van der Waals surface area (Å²) in [6.45, 7) is 8.62. The van der Waals surface area contributed by atoms with Crippen LogP contribution in [0, 0.1) is 6.92 Å². The smallest absolute Gasteiger partial charge is 0.0558 e. The summed E-state index contributed by atoms with van der Waals surface area (Å²) in [5, 5.41) is 9.02. The average molecular weight is 291 g/mol. The van der Waals surface area contributed by atoms with Gasteiger partial charge in [0.05, 0.1) is 6.61 Å². The van der Waals surface area contributed by atoms with Gasteiger partial charge in [0.15, 0.2) is 0 Å². The largest absolute Gasteiger partial charge is 0.395 e. The SMILES string of the molecule is Cc1cccc([C@@H](CN2CCN(CCO)CC2)N(C)C)c1. The number of aliphatic hydroxyl groups excluding tert-OH is 1. The van der Waals surface area contributed by atoms with Crippen LogP contribution in [0.2, 0.25) is 0 Å². The Labute approximate surface area is 129 Å². The van der Waals surface area contributed by atoms with Crippen molar-refractivity contribution in [3.05, 3.63) is 35.4 Å². The standard InChI is InChI=1S/C17H29N3O/c1-15-5-4-6-16(13-15)17(18(2)3)14-20-9-7-19(8-10-20)11-12-21/h4-6,13,17,21H,7-12,14H2,1-3H3/t17-/m1/s1. The van der Waals surface area contributed by atoms with E-state index < -0.39 is 0 Å². The number of hydrogen-bond donors (Lipinski definition) is 1. The lowest BCUT2D eigenvalue weighted by Gasteiger charge is -2.37. The number of hydrogen-bond acceptors (Lipinski definition) is 4. The lowest BCUT2D eigenvalue weighted by atomic mass is 10.0. The van der Waals surface area contributed by atoms with Crippen molar-refractivity contribution >= 4 is 0 Å². The molecule has 0 aliphatic carbocycles. The van der Waals surface area contributed by atoms with E-state index in [1.807, 2.05) is 0 Å². The first-order valence-electron chi connectivity index (χ1n) is 7.88. The summed E-state index contributed by atoms with van der Waals surface area (Å²) < 4.78 is 0. The number of likely N-dealkylation sites (N-methyl/N-ethyl adjacent to an activating group) is 1. The van der Waals surface area contributed by atoms with Gasteiger partial charge in [-0.25, -0.2) is 0 Å². The quantitative estimate of drug-likeness (QED) is 0.853. The maximum absolute atomic E-state index is 9.02. The average Bonchev–Trinajstić information content (AvgIpc) is 2.46. The number of nitrogens with zero attached hydrogens (tertiary/aromatic N) is 3. The maximum Gasteiger partial charge on any atom is 0.0558 e. The molecule has 2 rings (SSSR count). The maximum atomic E-state index is 9.02. The van der Waals surface area contributed by atoms with E-state index in [0.29, 0.717) is 6.04 Å². The topological polar surface area (TPSA) is 30.0 Å². The van der Waals surface area contributed by atoms with Crippen molar-refractivity contribution in [2.24, 2.45) is 0 Å². The third-order valence-electron chi connectivity index (χ3n) is 4.36. The summed E-state index contributed by atoms with van der Waals surface area (Å²) in [6, 6.07) is 9.28. The molecule has 118 valence electrons. The molecule has 1 heterocycles. The Morgan fingerprint density at radius 1 is 1.14 bits per heavy atom. The van der Waals surface area contributed by atoms with Crippen LogP contribution in [0.5, 0.6) is 0 Å². The Bertz CT molecular complexity index is 428. The van der Waals surface area contributed by atoms with Gasteiger partial charge >= 0.3 is 0 Å². The Hall–Kier alpha value is -0.940. The molecular formula is C17H29N3O. The van der Waals surface area contributed by atoms with Gasteiger partial charge in [0.25, 0.3) is 0 Å². The van der Waals surface area contributed by atoms with Gasteiger partial charge in [-0.05, 0) is 26.6 Å². The molecule has 1 atom stereocenters. The Kier molecular flexibility index (Phi) is 6.18. The van der Waals surface area contributed by atoms with Crippen molar-refractivity contribution in [3.8, 4) is 0 Å². The summed E-state index contributed by atoms with van der Waals surface area (Å²) in [5.74, 6) is 0. The number of β-amino-alcohol motifs (C(OH)–C–C–N with tert-alkyl or cyclic N) is 1. The monoisotopic (exact) mass is 291 g/mol. The zero-order valence-corrected chi connectivity index (χ0v) is 13.6. The number of rotatable bonds is 6. The van der Waals surface area contributed by atoms with Crippen LogP contribution in [0.1, 0.15) is 17.2 Å². The molecule has 0 spiro atoms. The number of piperazine rings is 1. The first-order valence-corrected chi connectivity index (χ1v) is 7.88. The molecule has 1 N–H and O–H groups in total. The molecule has 1 aromatic carbocycles. The van der Waals surface area contributed by atoms with Gasteiger partial charge in [-0.15, -0.1) is 0 Å². The number of aliphatic hydroxyl groups is 1. The van der Waals surface area contributed by atoms with Gasteiger partial charge in [0.2, 0.25) is 0 Å². The lowest BCUT2D eigenvalue weighted by Crippen LogP contribution is -2.49. The van der Waals surface area contributed by atoms with Crippen LogP contribution in [0.15, 0.2) is 24.3 Å². The highest BCUT2D eigenvalue weighted by Crippen LogP contribution is 2.21. The van der Waals surface area contributed by atoms with Crippen LogP contribution >= 0.6 is 0 Å². The second-order valence-corrected chi connectivity index (χ2v) is 6.26. The van der Waals surface area contributed by atoms with Crippen molar-refractivity contribution in [2.75, 3.05) is 60.0 Å². The molecule has 4 nitrogen and oxygen atoms in total. The van der Waals surface area contributed by atoms with Crippen LogP contribution in [-0.2, 0) is 0 Å². The van der Waals surface area contributed by atoms with E-state index in [0.717, 1.165) is 39.3 Å². The van der Waals surface area contributed by atoms with Gasteiger partial charge < -0.3 is 10.0 Å². The molecular weight excluding hydrogens is 262 g/mol. The normalized spacial score (nSPS) is 19.1. The molecule has 0 amide bonds. The summed E-state index contributed by atoms with van der Waals surface area (Å²) >= 11 is 0. The molecule has 1 aliphatic heterocycles. The lowest BCUT2D eigenvalue weighted by molar-refractivity contribution is 0.0926. The van der Waals surface area contributed by atoms with Crippen molar-refractivity contribution in [3.63, 3.8) is 0 Å². The van der Waals surface area contributed by atoms with Crippen LogP contribution in [0.25, 0.3) is 0 Å². The van der Waals surface area contributed by atoms with Crippen molar-refractivity contribution in [2.45, 2.75) is 13.0 Å².